The Hall–Kier alpha value is -2.29. The summed E-state index contributed by atoms with van der Waals surface area (Å²) in [7, 11) is 1.46. The molecule has 0 bridgehead atoms. The first-order valence-corrected chi connectivity index (χ1v) is 10.3. The van der Waals surface area contributed by atoms with Crippen LogP contribution in [0.5, 0.6) is 0 Å². The summed E-state index contributed by atoms with van der Waals surface area (Å²) in [6.45, 7) is 1.09. The van der Waals surface area contributed by atoms with Crippen LogP contribution in [-0.2, 0) is 16.1 Å². The Kier molecular flexibility index (Phi) is 7.32. The lowest BCUT2D eigenvalue weighted by atomic mass is 10.1. The van der Waals surface area contributed by atoms with Gasteiger partial charge in [0.15, 0.2) is 0 Å². The molecule has 0 spiro atoms. The number of aryl methyl sites for hydroxylation is 1. The van der Waals surface area contributed by atoms with Crippen molar-refractivity contribution in [2.75, 3.05) is 7.11 Å². The standard InChI is InChI=1S/C24H31NO2/c1-27-24(26)18-8-6-4-2-3-5-7-13-19-25-22-16-11-9-14-20(22)21-15-10-12-17-23(21)25/h9-12,14-17H,2-8,13,18-19H2,1H3. The zero-order chi connectivity index (χ0) is 18.9. The predicted octanol–water partition coefficient (Wildman–Crippen LogP) is 6.48. The van der Waals surface area contributed by atoms with Gasteiger partial charge in [-0.05, 0) is 25.0 Å². The number of rotatable bonds is 11. The Bertz CT molecular complexity index is 812. The summed E-state index contributed by atoms with van der Waals surface area (Å²) in [6, 6.07) is 17.5. The fraction of sp³-hybridized carbons (Fsp3) is 0.458. The Balaban J connectivity index is 1.39. The lowest BCUT2D eigenvalue weighted by Gasteiger charge is -2.07. The monoisotopic (exact) mass is 365 g/mol. The minimum absolute atomic E-state index is 0.0833. The number of ether oxygens (including phenoxy) is 1. The molecule has 0 saturated heterocycles. The van der Waals surface area contributed by atoms with E-state index in [1.54, 1.807) is 0 Å². The average molecular weight is 366 g/mol. The topological polar surface area (TPSA) is 31.2 Å². The summed E-state index contributed by atoms with van der Waals surface area (Å²) in [5, 5.41) is 2.72. The third kappa shape index (κ3) is 5.12. The molecule has 0 aliphatic rings. The molecule has 0 aliphatic carbocycles. The first-order chi connectivity index (χ1) is 13.3. The predicted molar refractivity (Wildman–Crippen MR) is 113 cm³/mol. The molecule has 3 nitrogen and oxygen atoms in total. The molecule has 0 atom stereocenters. The van der Waals surface area contributed by atoms with E-state index in [1.807, 2.05) is 0 Å². The Labute approximate surface area is 162 Å². The summed E-state index contributed by atoms with van der Waals surface area (Å²) in [5.41, 5.74) is 2.70. The minimum Gasteiger partial charge on any atom is -0.469 e. The molecule has 0 radical (unpaired) electrons. The van der Waals surface area contributed by atoms with E-state index in [-0.39, 0.29) is 5.97 Å². The maximum Gasteiger partial charge on any atom is 0.305 e. The van der Waals surface area contributed by atoms with Crippen molar-refractivity contribution in [3.05, 3.63) is 48.5 Å². The number of carbonyl (C=O) groups is 1. The van der Waals surface area contributed by atoms with Crippen LogP contribution in [-0.4, -0.2) is 17.6 Å². The fourth-order valence-corrected chi connectivity index (χ4v) is 3.95. The molecule has 2 aromatic carbocycles. The van der Waals surface area contributed by atoms with Gasteiger partial charge in [0.25, 0.3) is 0 Å². The van der Waals surface area contributed by atoms with Gasteiger partial charge >= 0.3 is 5.97 Å². The summed E-state index contributed by atoms with van der Waals surface area (Å²) >= 11 is 0. The van der Waals surface area contributed by atoms with E-state index >= 15 is 0 Å². The van der Waals surface area contributed by atoms with Crippen LogP contribution < -0.4 is 0 Å². The Morgan fingerprint density at radius 3 is 1.78 bits per heavy atom. The number of benzene rings is 2. The summed E-state index contributed by atoms with van der Waals surface area (Å²) < 4.78 is 7.15. The third-order valence-corrected chi connectivity index (χ3v) is 5.42. The van der Waals surface area contributed by atoms with E-state index < -0.39 is 0 Å². The number of para-hydroxylation sites is 2. The van der Waals surface area contributed by atoms with E-state index in [0.29, 0.717) is 6.42 Å². The van der Waals surface area contributed by atoms with Gasteiger partial charge in [-0.15, -0.1) is 0 Å². The molecule has 0 aliphatic heterocycles. The molecular formula is C24H31NO2. The highest BCUT2D eigenvalue weighted by Crippen LogP contribution is 2.29. The number of nitrogens with zero attached hydrogens (tertiary/aromatic N) is 1. The normalized spacial score (nSPS) is 11.3. The van der Waals surface area contributed by atoms with Gasteiger partial charge in [0.05, 0.1) is 7.11 Å². The third-order valence-electron chi connectivity index (χ3n) is 5.42. The maximum atomic E-state index is 11.1. The van der Waals surface area contributed by atoms with E-state index in [9.17, 15) is 4.79 Å². The van der Waals surface area contributed by atoms with Crippen LogP contribution >= 0.6 is 0 Å². The number of aromatic nitrogens is 1. The lowest BCUT2D eigenvalue weighted by molar-refractivity contribution is -0.140. The van der Waals surface area contributed by atoms with Crippen molar-refractivity contribution in [1.29, 1.82) is 0 Å². The molecule has 27 heavy (non-hydrogen) atoms. The minimum atomic E-state index is -0.0833. The number of hydrogen-bond donors (Lipinski definition) is 0. The lowest BCUT2D eigenvalue weighted by Crippen LogP contribution is -1.99. The highest BCUT2D eigenvalue weighted by molar-refractivity contribution is 6.07. The van der Waals surface area contributed by atoms with Crippen LogP contribution in [0.2, 0.25) is 0 Å². The zero-order valence-electron chi connectivity index (χ0n) is 16.5. The number of unbranched alkanes of at least 4 members (excludes halogenated alkanes) is 7. The maximum absolute atomic E-state index is 11.1. The quantitative estimate of drug-likeness (QED) is 0.288. The van der Waals surface area contributed by atoms with Crippen molar-refractivity contribution < 1.29 is 9.53 Å². The van der Waals surface area contributed by atoms with Gasteiger partial charge in [-0.25, -0.2) is 0 Å². The van der Waals surface area contributed by atoms with Gasteiger partial charge in [-0.3, -0.25) is 4.79 Å². The molecule has 0 saturated carbocycles. The molecule has 1 heterocycles. The number of carbonyl (C=O) groups excluding carboxylic acids is 1. The number of methoxy groups -OCH3 is 1. The first kappa shape index (κ1) is 19.5. The number of fused-ring (bicyclic) bond motifs is 3. The van der Waals surface area contributed by atoms with Crippen LogP contribution in [0.3, 0.4) is 0 Å². The molecule has 0 unspecified atom stereocenters. The van der Waals surface area contributed by atoms with E-state index in [0.717, 1.165) is 19.4 Å². The summed E-state index contributed by atoms with van der Waals surface area (Å²) in [4.78, 5) is 11.1. The van der Waals surface area contributed by atoms with E-state index in [4.69, 9.17) is 0 Å². The molecule has 144 valence electrons. The van der Waals surface area contributed by atoms with Crippen LogP contribution in [0, 0.1) is 0 Å². The zero-order valence-corrected chi connectivity index (χ0v) is 16.5. The van der Waals surface area contributed by atoms with E-state index in [2.05, 4.69) is 57.8 Å². The van der Waals surface area contributed by atoms with Crippen molar-refractivity contribution in [2.24, 2.45) is 0 Å². The van der Waals surface area contributed by atoms with Crippen LogP contribution in [0.15, 0.2) is 48.5 Å². The van der Waals surface area contributed by atoms with Crippen LogP contribution in [0.25, 0.3) is 21.8 Å². The van der Waals surface area contributed by atoms with Crippen molar-refractivity contribution in [3.8, 4) is 0 Å². The van der Waals surface area contributed by atoms with Crippen molar-refractivity contribution in [3.63, 3.8) is 0 Å². The fourth-order valence-electron chi connectivity index (χ4n) is 3.95. The number of esters is 1. The average Bonchev–Trinajstić information content (AvgIpc) is 3.03. The van der Waals surface area contributed by atoms with Crippen molar-refractivity contribution in [2.45, 2.75) is 64.3 Å². The summed E-state index contributed by atoms with van der Waals surface area (Å²) in [5.74, 6) is -0.0833. The molecule has 3 rings (SSSR count). The Morgan fingerprint density at radius 2 is 1.22 bits per heavy atom. The largest absolute Gasteiger partial charge is 0.469 e. The van der Waals surface area contributed by atoms with Gasteiger partial charge < -0.3 is 9.30 Å². The molecule has 0 fully saturated rings. The van der Waals surface area contributed by atoms with Gasteiger partial charge in [-0.1, -0.05) is 74.9 Å². The van der Waals surface area contributed by atoms with E-state index in [1.165, 1.54) is 67.4 Å². The second-order valence-electron chi connectivity index (χ2n) is 7.34. The molecule has 0 amide bonds. The SMILES string of the molecule is COC(=O)CCCCCCCCCCn1c2ccccc2c2ccccc21. The Morgan fingerprint density at radius 1 is 0.741 bits per heavy atom. The second kappa shape index (κ2) is 10.1. The van der Waals surface area contributed by atoms with Gasteiger partial charge in [0.2, 0.25) is 0 Å². The molecule has 0 N–H and O–H groups in total. The van der Waals surface area contributed by atoms with Gasteiger partial charge in [0.1, 0.15) is 0 Å². The van der Waals surface area contributed by atoms with Gasteiger partial charge in [-0.2, -0.15) is 0 Å². The molecule has 1 aromatic heterocycles. The molecular weight excluding hydrogens is 334 g/mol. The highest BCUT2D eigenvalue weighted by Gasteiger charge is 2.08. The van der Waals surface area contributed by atoms with Crippen molar-refractivity contribution >= 4 is 27.8 Å². The van der Waals surface area contributed by atoms with Crippen LogP contribution in [0.1, 0.15) is 57.8 Å². The highest BCUT2D eigenvalue weighted by atomic mass is 16.5. The smallest absolute Gasteiger partial charge is 0.305 e. The summed E-state index contributed by atoms with van der Waals surface area (Å²) in [6.07, 6.45) is 10.3. The van der Waals surface area contributed by atoms with Gasteiger partial charge in [0, 0.05) is 34.8 Å². The second-order valence-corrected chi connectivity index (χ2v) is 7.34. The molecule has 3 heteroatoms. The van der Waals surface area contributed by atoms with Crippen LogP contribution in [0.4, 0.5) is 0 Å². The molecule has 3 aromatic rings. The number of hydrogen-bond acceptors (Lipinski definition) is 2. The van der Waals surface area contributed by atoms with Crippen molar-refractivity contribution in [1.82, 2.24) is 4.57 Å². The first-order valence-electron chi connectivity index (χ1n) is 10.3.